The van der Waals surface area contributed by atoms with E-state index in [9.17, 15) is 4.79 Å². The minimum Gasteiger partial charge on any atom is -0.481 e. The fourth-order valence-corrected chi connectivity index (χ4v) is 3.46. The molecule has 4 rings (SSSR count). The van der Waals surface area contributed by atoms with Crippen LogP contribution < -0.4 is 15.4 Å². The van der Waals surface area contributed by atoms with Crippen molar-refractivity contribution in [3.05, 3.63) is 53.7 Å². The van der Waals surface area contributed by atoms with Crippen LogP contribution in [-0.2, 0) is 0 Å². The van der Waals surface area contributed by atoms with E-state index in [2.05, 4.69) is 25.8 Å². The Morgan fingerprint density at radius 3 is 2.63 bits per heavy atom. The quantitative estimate of drug-likeness (QED) is 0.676. The third kappa shape index (κ3) is 4.22. The molecule has 0 spiro atoms. The van der Waals surface area contributed by atoms with Gasteiger partial charge in [0.05, 0.1) is 13.2 Å². The van der Waals surface area contributed by atoms with Gasteiger partial charge in [0, 0.05) is 23.5 Å². The summed E-state index contributed by atoms with van der Waals surface area (Å²) in [6, 6.07) is 11.0. The average Bonchev–Trinajstić information content (AvgIpc) is 3.40. The number of carbonyl (C=O) groups excluding carboxylic acids is 1. The lowest BCUT2D eigenvalue weighted by Gasteiger charge is -2.19. The molecule has 1 fully saturated rings. The first-order valence-electron chi connectivity index (χ1n) is 8.67. The topological polar surface area (TPSA) is 89.0 Å². The van der Waals surface area contributed by atoms with E-state index in [0.29, 0.717) is 11.8 Å². The molecule has 2 heterocycles. The van der Waals surface area contributed by atoms with Crippen molar-refractivity contribution >= 4 is 23.1 Å². The predicted octanol–water partition coefficient (Wildman–Crippen LogP) is 3.88. The first-order chi connectivity index (χ1) is 13.2. The molecular formula is C19H19N5O2S. The van der Waals surface area contributed by atoms with Crippen LogP contribution in [0.4, 0.5) is 10.5 Å². The normalized spacial score (nSPS) is 14.4. The number of nitrogens with one attached hydrogen (secondary N) is 2. The molecule has 0 saturated heterocycles. The summed E-state index contributed by atoms with van der Waals surface area (Å²) in [5, 5.41) is 14.7. The van der Waals surface area contributed by atoms with Crippen molar-refractivity contribution in [2.45, 2.75) is 18.9 Å². The van der Waals surface area contributed by atoms with Crippen molar-refractivity contribution < 1.29 is 9.53 Å². The molecule has 1 aromatic carbocycles. The number of carbonyl (C=O) groups is 1. The number of nitrogens with zero attached hydrogens (tertiary/aromatic N) is 3. The molecule has 2 aromatic heterocycles. The van der Waals surface area contributed by atoms with Crippen molar-refractivity contribution in [1.82, 2.24) is 20.5 Å². The van der Waals surface area contributed by atoms with Crippen molar-refractivity contribution in [3.8, 4) is 16.5 Å². The number of benzene rings is 1. The first-order valence-corrected chi connectivity index (χ1v) is 9.55. The summed E-state index contributed by atoms with van der Waals surface area (Å²) in [5.41, 5.74) is 4.38. The van der Waals surface area contributed by atoms with Gasteiger partial charge in [-0.25, -0.2) is 9.78 Å². The molecule has 1 unspecified atom stereocenters. The molecule has 8 heteroatoms. The Morgan fingerprint density at radius 1 is 1.22 bits per heavy atom. The highest BCUT2D eigenvalue weighted by molar-refractivity contribution is 7.12. The number of anilines is 1. The molecule has 0 bridgehead atoms. The fourth-order valence-electron chi connectivity index (χ4n) is 2.90. The third-order valence-electron chi connectivity index (χ3n) is 4.46. The highest BCUT2D eigenvalue weighted by Crippen LogP contribution is 2.41. The zero-order chi connectivity index (χ0) is 18.6. The monoisotopic (exact) mass is 381 g/mol. The number of rotatable bonds is 6. The zero-order valence-electron chi connectivity index (χ0n) is 14.8. The number of methoxy groups -OCH3 is 1. The smallest absolute Gasteiger partial charge is 0.319 e. The van der Waals surface area contributed by atoms with Gasteiger partial charge in [0.25, 0.3) is 0 Å². The number of pyridine rings is 1. The van der Waals surface area contributed by atoms with Crippen molar-refractivity contribution in [2.24, 2.45) is 5.92 Å². The minimum atomic E-state index is -0.230. The number of hydrogen-bond donors (Lipinski definition) is 2. The summed E-state index contributed by atoms with van der Waals surface area (Å²) in [7, 11) is 1.59. The van der Waals surface area contributed by atoms with Crippen LogP contribution in [0.25, 0.3) is 10.6 Å². The van der Waals surface area contributed by atoms with Gasteiger partial charge in [-0.1, -0.05) is 17.4 Å². The van der Waals surface area contributed by atoms with Crippen LogP contribution in [0, 0.1) is 5.92 Å². The van der Waals surface area contributed by atoms with E-state index < -0.39 is 0 Å². The number of amides is 2. The zero-order valence-corrected chi connectivity index (χ0v) is 15.6. The van der Waals surface area contributed by atoms with E-state index in [4.69, 9.17) is 4.74 Å². The maximum atomic E-state index is 12.5. The van der Waals surface area contributed by atoms with E-state index in [0.717, 1.165) is 34.7 Å². The van der Waals surface area contributed by atoms with E-state index in [1.165, 1.54) is 11.3 Å². The number of urea groups is 1. The van der Waals surface area contributed by atoms with Crippen LogP contribution in [-0.4, -0.2) is 28.3 Å². The molecule has 138 valence electrons. The van der Waals surface area contributed by atoms with Crippen LogP contribution in [0.15, 0.2) is 48.1 Å². The fraction of sp³-hybridized carbons (Fsp3) is 0.263. The summed E-state index contributed by atoms with van der Waals surface area (Å²) < 4.78 is 5.10. The molecule has 1 aliphatic carbocycles. The van der Waals surface area contributed by atoms with Crippen molar-refractivity contribution in [1.29, 1.82) is 0 Å². The first kappa shape index (κ1) is 17.4. The minimum absolute atomic E-state index is 0.0518. The van der Waals surface area contributed by atoms with Gasteiger partial charge in [-0.05, 0) is 48.6 Å². The molecule has 7 nitrogen and oxygen atoms in total. The van der Waals surface area contributed by atoms with E-state index in [-0.39, 0.29) is 12.1 Å². The Hall–Kier alpha value is -3.00. The number of aromatic nitrogens is 3. The van der Waals surface area contributed by atoms with Gasteiger partial charge in [0.2, 0.25) is 5.88 Å². The SMILES string of the molecule is COc1ccc(C(NC(=O)Nc2ccc(-c3nncs3)cc2)C2CC2)cn1. The Morgan fingerprint density at radius 2 is 2.04 bits per heavy atom. The van der Waals surface area contributed by atoms with E-state index >= 15 is 0 Å². The Bertz CT molecular complexity index is 893. The molecule has 2 amide bonds. The second-order valence-corrected chi connectivity index (χ2v) is 7.20. The maximum absolute atomic E-state index is 12.5. The van der Waals surface area contributed by atoms with Crippen LogP contribution in [0.3, 0.4) is 0 Å². The number of ether oxygens (including phenoxy) is 1. The van der Waals surface area contributed by atoms with Gasteiger partial charge in [-0.3, -0.25) is 0 Å². The Labute approximate surface area is 160 Å². The van der Waals surface area contributed by atoms with Crippen molar-refractivity contribution in [2.75, 3.05) is 12.4 Å². The van der Waals surface area contributed by atoms with Crippen molar-refractivity contribution in [3.63, 3.8) is 0 Å². The average molecular weight is 381 g/mol. The van der Waals surface area contributed by atoms with Gasteiger partial charge >= 0.3 is 6.03 Å². The summed E-state index contributed by atoms with van der Waals surface area (Å²) in [4.78, 5) is 16.7. The number of hydrogen-bond acceptors (Lipinski definition) is 6. The molecule has 1 aliphatic rings. The van der Waals surface area contributed by atoms with Gasteiger partial charge in [0.1, 0.15) is 10.5 Å². The molecule has 2 N–H and O–H groups in total. The largest absolute Gasteiger partial charge is 0.481 e. The van der Waals surface area contributed by atoms with Gasteiger partial charge in [0.15, 0.2) is 0 Å². The Balaban J connectivity index is 1.41. The maximum Gasteiger partial charge on any atom is 0.319 e. The summed E-state index contributed by atoms with van der Waals surface area (Å²) in [5.74, 6) is 1.01. The predicted molar refractivity (Wildman–Crippen MR) is 104 cm³/mol. The molecule has 3 aromatic rings. The highest BCUT2D eigenvalue weighted by Gasteiger charge is 2.33. The van der Waals surface area contributed by atoms with Crippen LogP contribution in [0.1, 0.15) is 24.4 Å². The summed E-state index contributed by atoms with van der Waals surface area (Å²) in [6.07, 6.45) is 3.97. The van der Waals surface area contributed by atoms with Crippen LogP contribution >= 0.6 is 11.3 Å². The standard InChI is InChI=1S/C19H19N5O2S/c1-26-16-9-6-14(10-20-16)17(12-2-3-12)23-19(25)22-15-7-4-13(5-8-15)18-24-21-11-27-18/h4-12,17H,2-3H2,1H3,(H2,22,23,25). The summed E-state index contributed by atoms with van der Waals surface area (Å²) >= 11 is 1.48. The molecule has 0 radical (unpaired) electrons. The molecule has 1 atom stereocenters. The lowest BCUT2D eigenvalue weighted by atomic mass is 10.0. The summed E-state index contributed by atoms with van der Waals surface area (Å²) in [6.45, 7) is 0. The lowest BCUT2D eigenvalue weighted by Crippen LogP contribution is -2.33. The third-order valence-corrected chi connectivity index (χ3v) is 5.20. The Kier molecular flexibility index (Phi) is 4.97. The second-order valence-electron chi connectivity index (χ2n) is 6.37. The van der Waals surface area contributed by atoms with Crippen LogP contribution in [0.5, 0.6) is 5.88 Å². The highest BCUT2D eigenvalue weighted by atomic mass is 32.1. The van der Waals surface area contributed by atoms with Gasteiger partial charge in [-0.15, -0.1) is 10.2 Å². The lowest BCUT2D eigenvalue weighted by molar-refractivity contribution is 0.247. The second kappa shape index (κ2) is 7.71. The van der Waals surface area contributed by atoms with Gasteiger partial charge in [-0.2, -0.15) is 0 Å². The molecular weight excluding hydrogens is 362 g/mol. The van der Waals surface area contributed by atoms with E-state index in [1.54, 1.807) is 18.8 Å². The molecule has 0 aliphatic heterocycles. The van der Waals surface area contributed by atoms with Gasteiger partial charge < -0.3 is 15.4 Å². The van der Waals surface area contributed by atoms with Crippen LogP contribution in [0.2, 0.25) is 0 Å². The molecule has 27 heavy (non-hydrogen) atoms. The van der Waals surface area contributed by atoms with E-state index in [1.807, 2.05) is 36.4 Å². The molecule has 1 saturated carbocycles.